The first-order chi connectivity index (χ1) is 14.9. The monoisotopic (exact) mass is 438 g/mol. The number of para-hydroxylation sites is 1. The van der Waals surface area contributed by atoms with Gasteiger partial charge in [-0.1, -0.05) is 50.2 Å². The Hall–Kier alpha value is -3.19. The van der Waals surface area contributed by atoms with Crippen LogP contribution in [0.2, 0.25) is 0 Å². The first-order valence-electron chi connectivity index (χ1n) is 10.2. The van der Waals surface area contributed by atoms with E-state index >= 15 is 0 Å². The van der Waals surface area contributed by atoms with Gasteiger partial charge in [-0.25, -0.2) is 12.8 Å². The van der Waals surface area contributed by atoms with Crippen molar-refractivity contribution >= 4 is 27.3 Å². The van der Waals surface area contributed by atoms with Crippen LogP contribution in [0.15, 0.2) is 65.6 Å². The average Bonchev–Trinajstić information content (AvgIpc) is 2.77. The van der Waals surface area contributed by atoms with Gasteiger partial charge in [0.15, 0.2) is 0 Å². The second kappa shape index (κ2) is 8.15. The Morgan fingerprint density at radius 1 is 0.935 bits per heavy atom. The summed E-state index contributed by atoms with van der Waals surface area (Å²) in [6.07, 6.45) is 1.47. The molecule has 1 N–H and O–H groups in total. The molecular formula is C24H23FN2O3S. The molecule has 0 atom stereocenters. The first-order valence-corrected chi connectivity index (χ1v) is 11.6. The van der Waals surface area contributed by atoms with Crippen LogP contribution in [-0.2, 0) is 27.7 Å². The maximum absolute atomic E-state index is 14.0. The normalized spacial score (nSPS) is 14.0. The van der Waals surface area contributed by atoms with Crippen LogP contribution in [0.4, 0.5) is 15.8 Å². The summed E-state index contributed by atoms with van der Waals surface area (Å²) in [4.78, 5) is 13.1. The number of aryl methyl sites for hydroxylation is 2. The summed E-state index contributed by atoms with van der Waals surface area (Å²) in [5.41, 5.74) is 3.87. The predicted octanol–water partition coefficient (Wildman–Crippen LogP) is 4.76. The van der Waals surface area contributed by atoms with Gasteiger partial charge in [0.25, 0.3) is 10.0 Å². The van der Waals surface area contributed by atoms with E-state index < -0.39 is 28.3 Å². The van der Waals surface area contributed by atoms with Gasteiger partial charge in [-0.05, 0) is 48.2 Å². The van der Waals surface area contributed by atoms with Gasteiger partial charge in [-0.15, -0.1) is 0 Å². The summed E-state index contributed by atoms with van der Waals surface area (Å²) in [5.74, 6) is -0.921. The third-order valence-corrected chi connectivity index (χ3v) is 7.34. The molecule has 5 nitrogen and oxygen atoms in total. The second-order valence-electron chi connectivity index (χ2n) is 7.38. The molecule has 1 heterocycles. The highest BCUT2D eigenvalue weighted by molar-refractivity contribution is 7.93. The largest absolute Gasteiger partial charge is 0.324 e. The molecule has 0 aromatic heterocycles. The number of anilines is 2. The molecule has 0 saturated heterocycles. The number of hydrogen-bond donors (Lipinski definition) is 1. The zero-order valence-corrected chi connectivity index (χ0v) is 18.2. The lowest BCUT2D eigenvalue weighted by molar-refractivity contribution is -0.114. The lowest BCUT2D eigenvalue weighted by Gasteiger charge is -2.31. The summed E-state index contributed by atoms with van der Waals surface area (Å²) in [6, 6.07) is 16.2. The van der Waals surface area contributed by atoms with E-state index in [1.54, 1.807) is 18.2 Å². The Labute approximate surface area is 181 Å². The Morgan fingerprint density at radius 3 is 2.29 bits per heavy atom. The zero-order chi connectivity index (χ0) is 22.2. The van der Waals surface area contributed by atoms with E-state index in [1.807, 2.05) is 32.0 Å². The molecule has 1 aliphatic heterocycles. The number of carbonyl (C=O) groups excluding carboxylic acids is 1. The van der Waals surface area contributed by atoms with Crippen molar-refractivity contribution in [2.24, 2.45) is 0 Å². The van der Waals surface area contributed by atoms with Crippen molar-refractivity contribution in [1.82, 2.24) is 0 Å². The predicted molar refractivity (Wildman–Crippen MR) is 120 cm³/mol. The number of nitrogens with zero attached hydrogens (tertiary/aromatic N) is 1. The maximum atomic E-state index is 14.0. The Kier molecular flexibility index (Phi) is 5.54. The molecule has 7 heteroatoms. The van der Waals surface area contributed by atoms with E-state index in [9.17, 15) is 17.6 Å². The molecule has 3 aromatic rings. The zero-order valence-electron chi connectivity index (χ0n) is 17.4. The number of halogens is 1. The van der Waals surface area contributed by atoms with Crippen LogP contribution in [0.25, 0.3) is 11.1 Å². The van der Waals surface area contributed by atoms with Crippen molar-refractivity contribution in [3.8, 4) is 11.1 Å². The molecule has 0 bridgehead atoms. The number of sulfonamides is 1. The van der Waals surface area contributed by atoms with E-state index in [1.165, 1.54) is 24.3 Å². The standard InChI is InChI=1S/C24H23FN2O3S/c1-3-16-8-7-9-17(4-2)24(16)26-23(28)15-27-21-13-12-18(25)14-20(21)19-10-5-6-11-22(19)31(27,29)30/h5-14H,3-4,15H2,1-2H3,(H,26,28). The molecule has 160 valence electrons. The van der Waals surface area contributed by atoms with Crippen molar-refractivity contribution in [2.75, 3.05) is 16.2 Å². The lowest BCUT2D eigenvalue weighted by atomic mass is 10.0. The molecule has 1 amide bonds. The molecule has 0 unspecified atom stereocenters. The number of nitrogens with one attached hydrogen (secondary N) is 1. The Balaban J connectivity index is 1.74. The van der Waals surface area contributed by atoms with E-state index in [0.717, 1.165) is 34.0 Å². The molecule has 4 rings (SSSR count). The van der Waals surface area contributed by atoms with Crippen LogP contribution in [0.1, 0.15) is 25.0 Å². The highest BCUT2D eigenvalue weighted by Gasteiger charge is 2.36. The summed E-state index contributed by atoms with van der Waals surface area (Å²) in [5, 5.41) is 2.91. The number of rotatable bonds is 5. The van der Waals surface area contributed by atoms with Gasteiger partial charge in [0.05, 0.1) is 10.6 Å². The Bertz CT molecular complexity index is 1250. The number of hydrogen-bond acceptors (Lipinski definition) is 3. The van der Waals surface area contributed by atoms with Gasteiger partial charge in [0.2, 0.25) is 5.91 Å². The molecule has 0 saturated carbocycles. The highest BCUT2D eigenvalue weighted by atomic mass is 32.2. The highest BCUT2D eigenvalue weighted by Crippen LogP contribution is 2.43. The van der Waals surface area contributed by atoms with Crippen molar-refractivity contribution in [1.29, 1.82) is 0 Å². The fraction of sp³-hybridized carbons (Fsp3) is 0.208. The quantitative estimate of drug-likeness (QED) is 0.624. The summed E-state index contributed by atoms with van der Waals surface area (Å²) in [7, 11) is -3.98. The fourth-order valence-corrected chi connectivity index (χ4v) is 5.64. The summed E-state index contributed by atoms with van der Waals surface area (Å²) < 4.78 is 41.7. The van der Waals surface area contributed by atoms with Crippen LogP contribution in [-0.4, -0.2) is 20.9 Å². The van der Waals surface area contributed by atoms with Crippen molar-refractivity contribution in [3.05, 3.63) is 77.6 Å². The van der Waals surface area contributed by atoms with E-state index in [4.69, 9.17) is 0 Å². The molecule has 1 aliphatic rings. The molecule has 0 radical (unpaired) electrons. The van der Waals surface area contributed by atoms with Gasteiger partial charge in [0.1, 0.15) is 12.4 Å². The van der Waals surface area contributed by atoms with Gasteiger partial charge >= 0.3 is 0 Å². The van der Waals surface area contributed by atoms with E-state index in [2.05, 4.69) is 5.32 Å². The van der Waals surface area contributed by atoms with E-state index in [-0.39, 0.29) is 10.6 Å². The summed E-state index contributed by atoms with van der Waals surface area (Å²) >= 11 is 0. The lowest BCUT2D eigenvalue weighted by Crippen LogP contribution is -2.40. The number of fused-ring (bicyclic) bond motifs is 3. The molecule has 0 fully saturated rings. The molecular weight excluding hydrogens is 415 g/mol. The van der Waals surface area contributed by atoms with Crippen molar-refractivity contribution in [3.63, 3.8) is 0 Å². The van der Waals surface area contributed by atoms with Gasteiger partial charge in [-0.2, -0.15) is 0 Å². The number of benzene rings is 3. The third-order valence-electron chi connectivity index (χ3n) is 5.52. The van der Waals surface area contributed by atoms with Gasteiger partial charge in [-0.3, -0.25) is 9.10 Å². The van der Waals surface area contributed by atoms with Crippen molar-refractivity contribution < 1.29 is 17.6 Å². The molecule has 31 heavy (non-hydrogen) atoms. The van der Waals surface area contributed by atoms with Crippen LogP contribution in [0.3, 0.4) is 0 Å². The average molecular weight is 439 g/mol. The van der Waals surface area contributed by atoms with E-state index in [0.29, 0.717) is 11.1 Å². The Morgan fingerprint density at radius 2 is 1.61 bits per heavy atom. The molecule has 3 aromatic carbocycles. The molecule has 0 aliphatic carbocycles. The SMILES string of the molecule is CCc1cccc(CC)c1NC(=O)CN1c2ccc(F)cc2-c2ccccc2S1(=O)=O. The number of carbonyl (C=O) groups is 1. The minimum absolute atomic E-state index is 0.0594. The minimum atomic E-state index is -3.98. The van der Waals surface area contributed by atoms with Crippen LogP contribution in [0, 0.1) is 5.82 Å². The van der Waals surface area contributed by atoms with Crippen LogP contribution < -0.4 is 9.62 Å². The smallest absolute Gasteiger partial charge is 0.265 e. The van der Waals surface area contributed by atoms with Crippen molar-refractivity contribution in [2.45, 2.75) is 31.6 Å². The second-order valence-corrected chi connectivity index (χ2v) is 9.21. The number of amides is 1. The summed E-state index contributed by atoms with van der Waals surface area (Å²) in [6.45, 7) is 3.60. The van der Waals surface area contributed by atoms with Crippen LogP contribution in [0.5, 0.6) is 0 Å². The first kappa shape index (κ1) is 21.1. The minimum Gasteiger partial charge on any atom is -0.324 e. The maximum Gasteiger partial charge on any atom is 0.265 e. The fourth-order valence-electron chi connectivity index (χ4n) is 3.99. The van der Waals surface area contributed by atoms with Gasteiger partial charge in [0, 0.05) is 16.8 Å². The molecule has 0 spiro atoms. The topological polar surface area (TPSA) is 66.5 Å². The van der Waals surface area contributed by atoms with Gasteiger partial charge < -0.3 is 5.32 Å². The third kappa shape index (κ3) is 3.70. The van der Waals surface area contributed by atoms with Crippen LogP contribution >= 0.6 is 0 Å².